The van der Waals surface area contributed by atoms with Crippen LogP contribution in [-0.4, -0.2) is 27.1 Å². The van der Waals surface area contributed by atoms with Gasteiger partial charge in [-0.15, -0.1) is 0 Å². The first kappa shape index (κ1) is 17.5. The van der Waals surface area contributed by atoms with Crippen LogP contribution in [0.5, 0.6) is 0 Å². The van der Waals surface area contributed by atoms with E-state index in [1.807, 2.05) is 28.8 Å². The first-order valence-electron chi connectivity index (χ1n) is 9.58. The van der Waals surface area contributed by atoms with Gasteiger partial charge in [0, 0.05) is 6.54 Å². The Kier molecular flexibility index (Phi) is 4.79. The predicted molar refractivity (Wildman–Crippen MR) is 107 cm³/mol. The molecule has 2 aromatic heterocycles. The van der Waals surface area contributed by atoms with E-state index in [-0.39, 0.29) is 0 Å². The zero-order valence-electron chi connectivity index (χ0n) is 15.6. The fourth-order valence-electron chi connectivity index (χ4n) is 3.73. The van der Waals surface area contributed by atoms with Gasteiger partial charge in [-0.3, -0.25) is 0 Å². The summed E-state index contributed by atoms with van der Waals surface area (Å²) in [5, 5.41) is 0. The van der Waals surface area contributed by atoms with Crippen LogP contribution >= 0.6 is 0 Å². The Bertz CT molecular complexity index is 1040. The van der Waals surface area contributed by atoms with E-state index < -0.39 is 5.97 Å². The Morgan fingerprint density at radius 1 is 1.22 bits per heavy atom. The number of ether oxygens (including phenoxy) is 1. The molecule has 0 unspecified atom stereocenters. The number of aryl methyl sites for hydroxylation is 1. The van der Waals surface area contributed by atoms with Crippen LogP contribution in [0.25, 0.3) is 22.2 Å². The summed E-state index contributed by atoms with van der Waals surface area (Å²) < 4.78 is 7.14. The summed E-state index contributed by atoms with van der Waals surface area (Å²) in [7, 11) is 0. The number of benzene rings is 1. The number of anilines is 1. The molecule has 1 aliphatic carbocycles. The Morgan fingerprint density at radius 2 is 2.00 bits per heavy atom. The van der Waals surface area contributed by atoms with E-state index in [1.54, 1.807) is 6.92 Å². The maximum atomic E-state index is 12.5. The number of rotatable bonds is 5. The number of para-hydroxylation sites is 2. The normalized spacial score (nSPS) is 14.5. The number of hydrogen-bond acceptors (Lipinski definition) is 5. The summed E-state index contributed by atoms with van der Waals surface area (Å²) in [6.07, 6.45) is 8.03. The molecule has 6 heteroatoms. The van der Waals surface area contributed by atoms with Crippen LogP contribution in [0.15, 0.2) is 35.9 Å². The van der Waals surface area contributed by atoms with Gasteiger partial charge in [0.15, 0.2) is 5.65 Å². The quantitative estimate of drug-likeness (QED) is 0.541. The summed E-state index contributed by atoms with van der Waals surface area (Å²) in [5.41, 5.74) is 10.8. The summed E-state index contributed by atoms with van der Waals surface area (Å²) in [5.74, 6) is -0.0598. The molecular formula is C21H24N4O2. The van der Waals surface area contributed by atoms with Crippen LogP contribution in [0, 0.1) is 0 Å². The Hall–Kier alpha value is -2.89. The topological polar surface area (TPSA) is 83.0 Å². The lowest BCUT2D eigenvalue weighted by atomic mass is 9.97. The Balaban J connectivity index is 1.83. The van der Waals surface area contributed by atoms with Crippen molar-refractivity contribution in [3.8, 4) is 0 Å². The zero-order chi connectivity index (χ0) is 18.8. The van der Waals surface area contributed by atoms with Gasteiger partial charge in [-0.25, -0.2) is 14.8 Å². The SMILES string of the molecule is CCOC(=O)c1c(N)n(CCC2=CCCCC2)c2nc3ccccc3nc12. The molecule has 27 heavy (non-hydrogen) atoms. The number of carbonyl (C=O) groups is 1. The van der Waals surface area contributed by atoms with Crippen molar-refractivity contribution in [2.24, 2.45) is 0 Å². The zero-order valence-corrected chi connectivity index (χ0v) is 15.6. The highest BCUT2D eigenvalue weighted by Crippen LogP contribution is 2.30. The molecule has 1 aromatic carbocycles. The second kappa shape index (κ2) is 7.39. The molecule has 0 bridgehead atoms. The highest BCUT2D eigenvalue weighted by Gasteiger charge is 2.25. The molecule has 0 amide bonds. The molecule has 3 aromatic rings. The first-order valence-corrected chi connectivity index (χ1v) is 9.58. The van der Waals surface area contributed by atoms with Crippen molar-refractivity contribution in [3.05, 3.63) is 41.5 Å². The maximum Gasteiger partial charge on any atom is 0.344 e. The molecule has 0 spiro atoms. The van der Waals surface area contributed by atoms with E-state index in [0.29, 0.717) is 35.7 Å². The lowest BCUT2D eigenvalue weighted by Crippen LogP contribution is -2.10. The number of esters is 1. The Labute approximate surface area is 158 Å². The van der Waals surface area contributed by atoms with Crippen molar-refractivity contribution < 1.29 is 9.53 Å². The number of fused-ring (bicyclic) bond motifs is 2. The van der Waals surface area contributed by atoms with Crippen LogP contribution in [0.4, 0.5) is 5.82 Å². The average Bonchev–Trinajstić information content (AvgIpc) is 2.96. The molecule has 4 rings (SSSR count). The number of aromatic nitrogens is 3. The third-order valence-electron chi connectivity index (χ3n) is 5.11. The summed E-state index contributed by atoms with van der Waals surface area (Å²) in [4.78, 5) is 22.0. The molecule has 0 fully saturated rings. The van der Waals surface area contributed by atoms with Gasteiger partial charge in [0.1, 0.15) is 16.9 Å². The van der Waals surface area contributed by atoms with Crippen LogP contribution in [0.3, 0.4) is 0 Å². The van der Waals surface area contributed by atoms with Gasteiger partial charge in [0.25, 0.3) is 0 Å². The lowest BCUT2D eigenvalue weighted by molar-refractivity contribution is 0.0529. The molecule has 0 saturated carbocycles. The van der Waals surface area contributed by atoms with Crippen LogP contribution in [0.2, 0.25) is 0 Å². The second-order valence-electron chi connectivity index (χ2n) is 6.88. The van der Waals surface area contributed by atoms with Gasteiger partial charge in [0.05, 0.1) is 17.6 Å². The third kappa shape index (κ3) is 3.27. The highest BCUT2D eigenvalue weighted by molar-refractivity contribution is 6.08. The molecule has 0 saturated heterocycles. The fraction of sp³-hybridized carbons (Fsp3) is 0.381. The predicted octanol–water partition coefficient (Wildman–Crippen LogP) is 4.23. The van der Waals surface area contributed by atoms with Crippen molar-refractivity contribution in [2.45, 2.75) is 45.6 Å². The molecule has 0 atom stereocenters. The van der Waals surface area contributed by atoms with Crippen molar-refractivity contribution in [2.75, 3.05) is 12.3 Å². The Morgan fingerprint density at radius 3 is 2.70 bits per heavy atom. The molecule has 140 valence electrons. The van der Waals surface area contributed by atoms with E-state index in [4.69, 9.17) is 15.5 Å². The van der Waals surface area contributed by atoms with Gasteiger partial charge < -0.3 is 15.0 Å². The number of carbonyl (C=O) groups excluding carboxylic acids is 1. The minimum Gasteiger partial charge on any atom is -0.462 e. The van der Waals surface area contributed by atoms with E-state index in [1.165, 1.54) is 18.4 Å². The molecular weight excluding hydrogens is 340 g/mol. The fourth-order valence-corrected chi connectivity index (χ4v) is 3.73. The van der Waals surface area contributed by atoms with Crippen LogP contribution in [-0.2, 0) is 11.3 Å². The van der Waals surface area contributed by atoms with Crippen molar-refractivity contribution >= 4 is 34.0 Å². The van der Waals surface area contributed by atoms with Crippen molar-refractivity contribution in [1.29, 1.82) is 0 Å². The summed E-state index contributed by atoms with van der Waals surface area (Å²) >= 11 is 0. The van der Waals surface area contributed by atoms with Gasteiger partial charge >= 0.3 is 5.97 Å². The maximum absolute atomic E-state index is 12.5. The minimum atomic E-state index is -0.444. The monoisotopic (exact) mass is 364 g/mol. The average molecular weight is 364 g/mol. The largest absolute Gasteiger partial charge is 0.462 e. The molecule has 1 aliphatic rings. The third-order valence-corrected chi connectivity index (χ3v) is 5.11. The van der Waals surface area contributed by atoms with Crippen LogP contribution < -0.4 is 5.73 Å². The van der Waals surface area contributed by atoms with E-state index >= 15 is 0 Å². The molecule has 0 aliphatic heterocycles. The number of hydrogen-bond donors (Lipinski definition) is 1. The van der Waals surface area contributed by atoms with Crippen molar-refractivity contribution in [1.82, 2.24) is 14.5 Å². The second-order valence-corrected chi connectivity index (χ2v) is 6.88. The minimum absolute atomic E-state index is 0.291. The highest BCUT2D eigenvalue weighted by atomic mass is 16.5. The number of allylic oxidation sites excluding steroid dienone is 2. The van der Waals surface area contributed by atoms with E-state index in [2.05, 4.69) is 11.1 Å². The summed E-state index contributed by atoms with van der Waals surface area (Å²) in [6, 6.07) is 7.64. The number of nitrogens with two attached hydrogens (primary N) is 1. The lowest BCUT2D eigenvalue weighted by Gasteiger charge is -2.14. The number of nitrogens with zero attached hydrogens (tertiary/aromatic N) is 3. The van der Waals surface area contributed by atoms with Gasteiger partial charge in [-0.1, -0.05) is 23.8 Å². The summed E-state index contributed by atoms with van der Waals surface area (Å²) in [6.45, 7) is 2.75. The smallest absolute Gasteiger partial charge is 0.344 e. The van der Waals surface area contributed by atoms with E-state index in [9.17, 15) is 4.79 Å². The number of nitrogen functional groups attached to an aromatic ring is 1. The van der Waals surface area contributed by atoms with Gasteiger partial charge in [0.2, 0.25) is 0 Å². The molecule has 2 heterocycles. The molecule has 2 N–H and O–H groups in total. The van der Waals surface area contributed by atoms with E-state index in [0.717, 1.165) is 30.3 Å². The first-order chi connectivity index (χ1) is 13.2. The standard InChI is InChI=1S/C21H24N4O2/c1-2-27-21(26)17-18-20(24-16-11-7-6-10-15(16)23-18)25(19(17)22)13-12-14-8-4-3-5-9-14/h6-8,10-11H,2-5,9,12-13,22H2,1H3. The molecule has 6 nitrogen and oxygen atoms in total. The van der Waals surface area contributed by atoms with Crippen molar-refractivity contribution in [3.63, 3.8) is 0 Å². The van der Waals surface area contributed by atoms with Gasteiger partial charge in [-0.05, 0) is 51.2 Å². The van der Waals surface area contributed by atoms with Crippen LogP contribution in [0.1, 0.15) is 49.4 Å². The molecule has 0 radical (unpaired) electrons. The van der Waals surface area contributed by atoms with Gasteiger partial charge in [-0.2, -0.15) is 0 Å².